The Kier molecular flexibility index (Phi) is 2.67. The van der Waals surface area contributed by atoms with Gasteiger partial charge in [0.25, 0.3) is 0 Å². The molecule has 108 valence electrons. The number of hydrogen-bond donors (Lipinski definition) is 0. The third-order valence-electron chi connectivity index (χ3n) is 4.07. The third-order valence-corrected chi connectivity index (χ3v) is 4.07. The van der Waals surface area contributed by atoms with E-state index >= 15 is 0 Å². The fraction of sp³-hybridized carbons (Fsp3) is 0.0526. The summed E-state index contributed by atoms with van der Waals surface area (Å²) in [6, 6.07) is 19.5. The first-order valence-corrected chi connectivity index (χ1v) is 6.95. The molecule has 0 radical (unpaired) electrons. The van der Waals surface area contributed by atoms with Gasteiger partial charge >= 0.3 is 6.18 Å². The Morgan fingerprint density at radius 2 is 1.14 bits per heavy atom. The maximum Gasteiger partial charge on any atom is 0.416 e. The summed E-state index contributed by atoms with van der Waals surface area (Å²) < 4.78 is 38.9. The largest absolute Gasteiger partial charge is 0.416 e. The lowest BCUT2D eigenvalue weighted by Crippen LogP contribution is -2.04. The Hall–Kier alpha value is -2.55. The molecule has 0 nitrogen and oxygen atoms in total. The van der Waals surface area contributed by atoms with E-state index in [1.165, 1.54) is 12.1 Å². The van der Waals surface area contributed by atoms with E-state index in [1.807, 2.05) is 48.5 Å². The van der Waals surface area contributed by atoms with Gasteiger partial charge in [-0.05, 0) is 44.5 Å². The van der Waals surface area contributed by atoms with Crippen LogP contribution < -0.4 is 0 Å². The van der Waals surface area contributed by atoms with Crippen molar-refractivity contribution in [2.45, 2.75) is 6.18 Å². The number of fused-ring (bicyclic) bond motifs is 5. The van der Waals surface area contributed by atoms with Crippen LogP contribution in [0.25, 0.3) is 32.3 Å². The molecular weight excluding hydrogens is 285 g/mol. The van der Waals surface area contributed by atoms with Crippen molar-refractivity contribution in [1.82, 2.24) is 0 Å². The minimum absolute atomic E-state index is 0.611. The van der Waals surface area contributed by atoms with Gasteiger partial charge in [-0.15, -0.1) is 0 Å². The summed E-state index contributed by atoms with van der Waals surface area (Å²) in [4.78, 5) is 0. The second-order valence-electron chi connectivity index (χ2n) is 5.38. The van der Waals surface area contributed by atoms with E-state index in [4.69, 9.17) is 0 Å². The molecule has 0 fully saturated rings. The fourth-order valence-electron chi connectivity index (χ4n) is 2.99. The van der Waals surface area contributed by atoms with Crippen LogP contribution in [0.3, 0.4) is 0 Å². The zero-order valence-corrected chi connectivity index (χ0v) is 11.5. The van der Waals surface area contributed by atoms with Crippen molar-refractivity contribution in [1.29, 1.82) is 0 Å². The van der Waals surface area contributed by atoms with Gasteiger partial charge in [0.1, 0.15) is 0 Å². The first kappa shape index (κ1) is 13.1. The molecule has 0 aliphatic rings. The molecule has 0 atom stereocenters. The van der Waals surface area contributed by atoms with Gasteiger partial charge in [-0.2, -0.15) is 13.2 Å². The molecule has 4 rings (SSSR count). The lowest BCUT2D eigenvalue weighted by Gasteiger charge is -2.11. The predicted octanol–water partition coefficient (Wildman–Crippen LogP) is 6.17. The van der Waals surface area contributed by atoms with Gasteiger partial charge in [0.2, 0.25) is 0 Å². The van der Waals surface area contributed by atoms with Gasteiger partial charge in [-0.1, -0.05) is 54.6 Å². The fourth-order valence-corrected chi connectivity index (χ4v) is 2.99. The van der Waals surface area contributed by atoms with E-state index in [0.717, 1.165) is 33.0 Å². The minimum Gasteiger partial charge on any atom is -0.166 e. The lowest BCUT2D eigenvalue weighted by molar-refractivity contribution is -0.137. The van der Waals surface area contributed by atoms with E-state index in [0.29, 0.717) is 5.39 Å². The van der Waals surface area contributed by atoms with Crippen LogP contribution in [0, 0.1) is 0 Å². The Labute approximate surface area is 124 Å². The van der Waals surface area contributed by atoms with Gasteiger partial charge < -0.3 is 0 Å². The molecule has 0 aromatic heterocycles. The maximum absolute atomic E-state index is 13.0. The smallest absolute Gasteiger partial charge is 0.166 e. The molecule has 0 saturated heterocycles. The van der Waals surface area contributed by atoms with Gasteiger partial charge in [-0.25, -0.2) is 0 Å². The molecule has 0 saturated carbocycles. The highest BCUT2D eigenvalue weighted by Crippen LogP contribution is 2.35. The summed E-state index contributed by atoms with van der Waals surface area (Å²) >= 11 is 0. The highest BCUT2D eigenvalue weighted by Gasteiger charge is 2.30. The summed E-state index contributed by atoms with van der Waals surface area (Å²) in [6.07, 6.45) is -4.33. The van der Waals surface area contributed by atoms with Crippen molar-refractivity contribution in [3.05, 3.63) is 72.3 Å². The molecule has 0 aliphatic carbocycles. The van der Waals surface area contributed by atoms with E-state index < -0.39 is 11.7 Å². The molecule has 22 heavy (non-hydrogen) atoms. The van der Waals surface area contributed by atoms with Gasteiger partial charge in [0.05, 0.1) is 5.56 Å². The molecule has 0 heterocycles. The van der Waals surface area contributed by atoms with Crippen molar-refractivity contribution >= 4 is 32.3 Å². The number of benzene rings is 4. The quantitative estimate of drug-likeness (QED) is 0.341. The van der Waals surface area contributed by atoms with Crippen LogP contribution in [0.5, 0.6) is 0 Å². The summed E-state index contributed by atoms with van der Waals surface area (Å²) in [6.45, 7) is 0. The van der Waals surface area contributed by atoms with Crippen LogP contribution in [0.15, 0.2) is 66.7 Å². The highest BCUT2D eigenvalue weighted by molar-refractivity contribution is 6.17. The standard InChI is InChI=1S/C19H11F3/c20-19(21,22)14-8-5-13-7-9-16-15-4-2-1-3-12(15)6-10-17(16)18(13)11-14/h1-11H. The molecule has 0 bridgehead atoms. The van der Waals surface area contributed by atoms with Crippen molar-refractivity contribution in [3.63, 3.8) is 0 Å². The molecule has 3 heteroatoms. The van der Waals surface area contributed by atoms with Crippen LogP contribution in [-0.2, 0) is 6.18 Å². The van der Waals surface area contributed by atoms with E-state index in [-0.39, 0.29) is 0 Å². The van der Waals surface area contributed by atoms with Gasteiger partial charge in [0, 0.05) is 0 Å². The first-order chi connectivity index (χ1) is 10.5. The summed E-state index contributed by atoms with van der Waals surface area (Å²) in [5.74, 6) is 0. The molecule has 4 aromatic carbocycles. The Morgan fingerprint density at radius 3 is 1.86 bits per heavy atom. The van der Waals surface area contributed by atoms with E-state index in [1.54, 1.807) is 0 Å². The van der Waals surface area contributed by atoms with Crippen LogP contribution >= 0.6 is 0 Å². The van der Waals surface area contributed by atoms with Crippen LogP contribution in [0.2, 0.25) is 0 Å². The van der Waals surface area contributed by atoms with Crippen molar-refractivity contribution < 1.29 is 13.2 Å². The van der Waals surface area contributed by atoms with Crippen LogP contribution in [0.4, 0.5) is 13.2 Å². The zero-order chi connectivity index (χ0) is 15.3. The minimum atomic E-state index is -4.33. The topological polar surface area (TPSA) is 0 Å². The zero-order valence-electron chi connectivity index (χ0n) is 11.5. The molecular formula is C19H11F3. The lowest BCUT2D eigenvalue weighted by atomic mass is 9.96. The Morgan fingerprint density at radius 1 is 0.545 bits per heavy atom. The Bertz CT molecular complexity index is 1010. The normalized spacial score (nSPS) is 12.3. The summed E-state index contributed by atoms with van der Waals surface area (Å²) in [5, 5.41) is 5.42. The number of halogens is 3. The molecule has 0 spiro atoms. The third kappa shape index (κ3) is 1.93. The molecule has 0 unspecified atom stereocenters. The highest BCUT2D eigenvalue weighted by atomic mass is 19.4. The number of alkyl halides is 3. The second kappa shape index (κ2) is 4.47. The van der Waals surface area contributed by atoms with E-state index in [9.17, 15) is 13.2 Å². The SMILES string of the molecule is FC(F)(F)c1ccc2ccc3c4ccccc4ccc3c2c1. The summed E-state index contributed by atoms with van der Waals surface area (Å²) in [7, 11) is 0. The van der Waals surface area contributed by atoms with Crippen molar-refractivity contribution in [2.75, 3.05) is 0 Å². The van der Waals surface area contributed by atoms with Gasteiger partial charge in [-0.3, -0.25) is 0 Å². The van der Waals surface area contributed by atoms with Crippen LogP contribution in [-0.4, -0.2) is 0 Å². The molecule has 0 N–H and O–H groups in total. The maximum atomic E-state index is 13.0. The number of rotatable bonds is 0. The average Bonchev–Trinajstić information content (AvgIpc) is 2.53. The van der Waals surface area contributed by atoms with Crippen LogP contribution in [0.1, 0.15) is 5.56 Å². The molecule has 0 amide bonds. The number of hydrogen-bond acceptors (Lipinski definition) is 0. The van der Waals surface area contributed by atoms with Gasteiger partial charge in [0.15, 0.2) is 0 Å². The Balaban J connectivity index is 2.15. The van der Waals surface area contributed by atoms with E-state index in [2.05, 4.69) is 0 Å². The first-order valence-electron chi connectivity index (χ1n) is 6.95. The average molecular weight is 296 g/mol. The molecule has 0 aliphatic heterocycles. The molecule has 4 aromatic rings. The monoisotopic (exact) mass is 296 g/mol. The predicted molar refractivity (Wildman–Crippen MR) is 84.0 cm³/mol. The van der Waals surface area contributed by atoms with Crippen molar-refractivity contribution in [3.8, 4) is 0 Å². The second-order valence-corrected chi connectivity index (χ2v) is 5.38. The summed E-state index contributed by atoms with van der Waals surface area (Å²) in [5.41, 5.74) is -0.611. The van der Waals surface area contributed by atoms with Crippen molar-refractivity contribution in [2.24, 2.45) is 0 Å².